The van der Waals surface area contributed by atoms with Gasteiger partial charge in [-0.3, -0.25) is 9.59 Å². The first kappa shape index (κ1) is 12.8. The highest BCUT2D eigenvalue weighted by Gasteiger charge is 2.21. The zero-order valence-electron chi connectivity index (χ0n) is 10.8. The second kappa shape index (κ2) is 5.30. The highest BCUT2D eigenvalue weighted by molar-refractivity contribution is 5.92. The molecule has 1 aromatic rings. The Labute approximate surface area is 106 Å². The van der Waals surface area contributed by atoms with E-state index < -0.39 is 0 Å². The zero-order valence-corrected chi connectivity index (χ0v) is 10.8. The third-order valence-electron chi connectivity index (χ3n) is 3.18. The lowest BCUT2D eigenvalue weighted by atomic mass is 10.3. The maximum Gasteiger partial charge on any atom is 0.274 e. The van der Waals surface area contributed by atoms with Crippen LogP contribution in [0.4, 0.5) is 0 Å². The van der Waals surface area contributed by atoms with Crippen molar-refractivity contribution >= 4 is 5.91 Å². The molecule has 2 heterocycles. The van der Waals surface area contributed by atoms with Crippen molar-refractivity contribution in [3.05, 3.63) is 28.2 Å². The Morgan fingerprint density at radius 2 is 1.94 bits per heavy atom. The fourth-order valence-corrected chi connectivity index (χ4v) is 1.96. The number of piperazine rings is 1. The third kappa shape index (κ3) is 2.59. The highest BCUT2D eigenvalue weighted by atomic mass is 16.2. The van der Waals surface area contributed by atoms with E-state index in [1.54, 1.807) is 4.90 Å². The summed E-state index contributed by atoms with van der Waals surface area (Å²) in [4.78, 5) is 27.6. The molecule has 0 spiro atoms. The number of likely N-dealkylation sites (N-methyl/N-ethyl adjacent to an activating group) is 1. The van der Waals surface area contributed by atoms with Crippen LogP contribution in [0, 0.1) is 0 Å². The topological polar surface area (TPSA) is 58.4 Å². The van der Waals surface area contributed by atoms with Gasteiger partial charge in [0.2, 0.25) is 0 Å². The van der Waals surface area contributed by atoms with E-state index in [2.05, 4.69) is 10.00 Å². The Morgan fingerprint density at radius 1 is 1.28 bits per heavy atom. The largest absolute Gasteiger partial charge is 0.335 e. The van der Waals surface area contributed by atoms with Gasteiger partial charge in [-0.05, 0) is 20.0 Å². The lowest BCUT2D eigenvalue weighted by Crippen LogP contribution is -2.47. The predicted octanol–water partition coefficient (Wildman–Crippen LogP) is -0.349. The molecule has 0 saturated carbocycles. The molecule has 0 bridgehead atoms. The SMILES string of the molecule is CCn1nc(C(=O)N2CCN(C)CC2)ccc1=O. The minimum absolute atomic E-state index is 0.0923. The van der Waals surface area contributed by atoms with Crippen molar-refractivity contribution in [2.45, 2.75) is 13.5 Å². The van der Waals surface area contributed by atoms with E-state index in [9.17, 15) is 9.59 Å². The molecule has 0 aliphatic carbocycles. The van der Waals surface area contributed by atoms with Crippen LogP contribution >= 0.6 is 0 Å². The van der Waals surface area contributed by atoms with Crippen molar-refractivity contribution in [3.63, 3.8) is 0 Å². The average molecular weight is 250 g/mol. The Kier molecular flexibility index (Phi) is 3.76. The van der Waals surface area contributed by atoms with Gasteiger partial charge in [-0.25, -0.2) is 4.68 Å². The molecule has 2 rings (SSSR count). The summed E-state index contributed by atoms with van der Waals surface area (Å²) in [6, 6.07) is 2.91. The van der Waals surface area contributed by atoms with Crippen molar-refractivity contribution in [2.75, 3.05) is 33.2 Å². The molecule has 1 amide bonds. The fraction of sp³-hybridized carbons (Fsp3) is 0.583. The number of carbonyl (C=O) groups excluding carboxylic acids is 1. The molecule has 98 valence electrons. The van der Waals surface area contributed by atoms with Gasteiger partial charge in [-0.15, -0.1) is 0 Å². The number of hydrogen-bond donors (Lipinski definition) is 0. The number of aryl methyl sites for hydroxylation is 1. The lowest BCUT2D eigenvalue weighted by molar-refractivity contribution is 0.0655. The number of rotatable bonds is 2. The zero-order chi connectivity index (χ0) is 13.1. The summed E-state index contributed by atoms with van der Waals surface area (Å²) < 4.78 is 1.31. The Balaban J connectivity index is 2.16. The van der Waals surface area contributed by atoms with Crippen molar-refractivity contribution in [1.82, 2.24) is 19.6 Å². The van der Waals surface area contributed by atoms with Crippen LogP contribution in [-0.4, -0.2) is 58.7 Å². The Bertz CT molecular complexity index is 489. The smallest absolute Gasteiger partial charge is 0.274 e. The molecule has 1 aliphatic heterocycles. The van der Waals surface area contributed by atoms with Crippen LogP contribution in [0.5, 0.6) is 0 Å². The summed E-state index contributed by atoms with van der Waals surface area (Å²) in [7, 11) is 2.04. The van der Waals surface area contributed by atoms with E-state index in [1.807, 2.05) is 14.0 Å². The molecule has 0 N–H and O–H groups in total. The number of aromatic nitrogens is 2. The molecule has 18 heavy (non-hydrogen) atoms. The summed E-state index contributed by atoms with van der Waals surface area (Å²) in [5, 5.41) is 4.08. The maximum atomic E-state index is 12.2. The number of nitrogens with zero attached hydrogens (tertiary/aromatic N) is 4. The first-order valence-corrected chi connectivity index (χ1v) is 6.18. The van der Waals surface area contributed by atoms with Gasteiger partial charge in [0, 0.05) is 38.8 Å². The van der Waals surface area contributed by atoms with Crippen molar-refractivity contribution in [2.24, 2.45) is 0 Å². The Morgan fingerprint density at radius 3 is 2.56 bits per heavy atom. The molecular formula is C12H18N4O2. The maximum absolute atomic E-state index is 12.2. The normalized spacial score (nSPS) is 16.9. The Hall–Kier alpha value is -1.69. The lowest BCUT2D eigenvalue weighted by Gasteiger charge is -2.32. The molecule has 1 fully saturated rings. The number of amides is 1. The summed E-state index contributed by atoms with van der Waals surface area (Å²) in [6.07, 6.45) is 0. The van der Waals surface area contributed by atoms with Crippen LogP contribution in [0.3, 0.4) is 0 Å². The standard InChI is InChI=1S/C12H18N4O2/c1-3-16-11(17)5-4-10(13-16)12(18)15-8-6-14(2)7-9-15/h4-5H,3,6-9H2,1-2H3. The van der Waals surface area contributed by atoms with Gasteiger partial charge in [0.25, 0.3) is 11.5 Å². The molecule has 6 nitrogen and oxygen atoms in total. The molecule has 0 aromatic carbocycles. The molecular weight excluding hydrogens is 232 g/mol. The molecule has 1 aliphatic rings. The minimum Gasteiger partial charge on any atom is -0.335 e. The number of hydrogen-bond acceptors (Lipinski definition) is 4. The van der Waals surface area contributed by atoms with Gasteiger partial charge >= 0.3 is 0 Å². The van der Waals surface area contributed by atoms with Crippen molar-refractivity contribution in [3.8, 4) is 0 Å². The summed E-state index contributed by atoms with van der Waals surface area (Å²) in [5.74, 6) is -0.0923. The van der Waals surface area contributed by atoms with Gasteiger partial charge in [-0.2, -0.15) is 5.10 Å². The fourth-order valence-electron chi connectivity index (χ4n) is 1.96. The van der Waals surface area contributed by atoms with Gasteiger partial charge in [-0.1, -0.05) is 0 Å². The third-order valence-corrected chi connectivity index (χ3v) is 3.18. The van der Waals surface area contributed by atoms with Crippen LogP contribution < -0.4 is 5.56 Å². The monoisotopic (exact) mass is 250 g/mol. The second-order valence-corrected chi connectivity index (χ2v) is 4.47. The number of carbonyl (C=O) groups is 1. The van der Waals surface area contributed by atoms with Crippen LogP contribution in [0.2, 0.25) is 0 Å². The molecule has 6 heteroatoms. The molecule has 1 saturated heterocycles. The van der Waals surface area contributed by atoms with E-state index in [0.717, 1.165) is 13.1 Å². The average Bonchev–Trinajstić information content (AvgIpc) is 2.39. The minimum atomic E-state index is -0.174. The second-order valence-electron chi connectivity index (χ2n) is 4.47. The van der Waals surface area contributed by atoms with Crippen LogP contribution in [-0.2, 0) is 6.54 Å². The van der Waals surface area contributed by atoms with Crippen LogP contribution in [0.1, 0.15) is 17.4 Å². The van der Waals surface area contributed by atoms with E-state index >= 15 is 0 Å². The summed E-state index contributed by atoms with van der Waals surface area (Å²) in [6.45, 7) is 5.48. The van der Waals surface area contributed by atoms with Gasteiger partial charge in [0.15, 0.2) is 0 Å². The highest BCUT2D eigenvalue weighted by Crippen LogP contribution is 2.04. The van der Waals surface area contributed by atoms with Gasteiger partial charge in [0.1, 0.15) is 5.69 Å². The van der Waals surface area contributed by atoms with Gasteiger partial charge in [0.05, 0.1) is 0 Å². The summed E-state index contributed by atoms with van der Waals surface area (Å²) >= 11 is 0. The quantitative estimate of drug-likeness (QED) is 0.720. The van der Waals surface area contributed by atoms with E-state index in [0.29, 0.717) is 25.3 Å². The summed E-state index contributed by atoms with van der Waals surface area (Å²) in [5.41, 5.74) is 0.174. The van der Waals surface area contributed by atoms with Crippen LogP contribution in [0.25, 0.3) is 0 Å². The van der Waals surface area contributed by atoms with Crippen LogP contribution in [0.15, 0.2) is 16.9 Å². The molecule has 0 radical (unpaired) electrons. The molecule has 1 aromatic heterocycles. The molecule has 0 unspecified atom stereocenters. The first-order chi connectivity index (χ1) is 8.61. The predicted molar refractivity (Wildman–Crippen MR) is 67.6 cm³/mol. The van der Waals surface area contributed by atoms with Gasteiger partial charge < -0.3 is 9.80 Å². The van der Waals surface area contributed by atoms with Crippen molar-refractivity contribution in [1.29, 1.82) is 0 Å². The van der Waals surface area contributed by atoms with E-state index in [-0.39, 0.29) is 11.5 Å². The molecule has 0 atom stereocenters. The first-order valence-electron chi connectivity index (χ1n) is 6.18. The van der Waals surface area contributed by atoms with Crippen molar-refractivity contribution < 1.29 is 4.79 Å². The van der Waals surface area contributed by atoms with E-state index in [4.69, 9.17) is 0 Å². The van der Waals surface area contributed by atoms with E-state index in [1.165, 1.54) is 16.8 Å².